The van der Waals surface area contributed by atoms with Crippen LogP contribution in [0.1, 0.15) is 25.7 Å². The summed E-state index contributed by atoms with van der Waals surface area (Å²) in [4.78, 5) is 13.0. The van der Waals surface area contributed by atoms with Crippen molar-refractivity contribution in [1.82, 2.24) is 10.7 Å². The minimum atomic E-state index is -3.59. The van der Waals surface area contributed by atoms with Gasteiger partial charge < -0.3 is 0 Å². The molecular weight excluding hydrogens is 421 g/mol. The molecule has 164 valence electrons. The first kappa shape index (κ1) is 23.4. The molecule has 0 fully saturated rings. The first-order chi connectivity index (χ1) is 15.1. The van der Waals surface area contributed by atoms with Crippen molar-refractivity contribution in [2.24, 2.45) is 5.84 Å². The predicted octanol–water partition coefficient (Wildman–Crippen LogP) is 3.32. The fourth-order valence-electron chi connectivity index (χ4n) is 4.23. The number of nitrogens with two attached hydrogens (primary N) is 1. The van der Waals surface area contributed by atoms with E-state index in [4.69, 9.17) is 18.1 Å². The number of hydrogen-bond donors (Lipinski definition) is 4. The van der Waals surface area contributed by atoms with Crippen LogP contribution >= 0.6 is 19.0 Å². The van der Waals surface area contributed by atoms with Gasteiger partial charge in [0.1, 0.15) is 0 Å². The molecule has 0 bridgehead atoms. The topological polar surface area (TPSA) is 70.3 Å². The van der Waals surface area contributed by atoms with Crippen LogP contribution in [0.25, 0.3) is 0 Å². The average Bonchev–Trinajstić information content (AvgIpc) is 2.85. The molecule has 4 nitrogen and oxygen atoms in total. The Hall–Kier alpha value is -2.30. The summed E-state index contributed by atoms with van der Waals surface area (Å²) in [5, 5.41) is 6.61. The predicted molar refractivity (Wildman–Crippen MR) is 139 cm³/mol. The van der Waals surface area contributed by atoms with E-state index in [1.807, 2.05) is 54.6 Å². The van der Waals surface area contributed by atoms with Gasteiger partial charge in [0, 0.05) is 0 Å². The van der Waals surface area contributed by atoms with Gasteiger partial charge in [-0.25, -0.2) is 0 Å². The molecule has 0 aromatic heterocycles. The molecule has 3 aromatic rings. The fraction of sp³-hybridized carbons (Fsp3) is 0.240. The van der Waals surface area contributed by atoms with Crippen LogP contribution in [0.3, 0.4) is 0 Å². The summed E-state index contributed by atoms with van der Waals surface area (Å²) < 4.78 is 0. The van der Waals surface area contributed by atoms with Crippen LogP contribution in [0, 0.1) is 0 Å². The third kappa shape index (κ3) is 5.13. The Kier molecular flexibility index (Phi) is 8.16. The summed E-state index contributed by atoms with van der Waals surface area (Å²) in [5.41, 5.74) is 2.44. The van der Waals surface area contributed by atoms with Gasteiger partial charge in [-0.05, 0) is 0 Å². The van der Waals surface area contributed by atoms with Gasteiger partial charge >= 0.3 is 191 Å². The van der Waals surface area contributed by atoms with Crippen LogP contribution in [-0.2, 0) is 0 Å². The van der Waals surface area contributed by atoms with E-state index in [0.29, 0.717) is 5.11 Å². The van der Waals surface area contributed by atoms with Gasteiger partial charge in [0.05, 0.1) is 0 Å². The molecule has 0 aliphatic rings. The van der Waals surface area contributed by atoms with Crippen molar-refractivity contribution in [1.29, 1.82) is 0 Å². The summed E-state index contributed by atoms with van der Waals surface area (Å²) in [5.74, 6) is 5.29. The van der Waals surface area contributed by atoms with Crippen LogP contribution in [-0.4, -0.2) is 22.7 Å². The Morgan fingerprint density at radius 2 is 1.13 bits per heavy atom. The maximum absolute atomic E-state index is 13.0. The van der Waals surface area contributed by atoms with Gasteiger partial charge in [0.15, 0.2) is 0 Å². The number of nitrogens with one attached hydrogen (secondary N) is 2. The summed E-state index contributed by atoms with van der Waals surface area (Å²) >= 11 is 5.01. The second kappa shape index (κ2) is 10.8. The third-order valence-corrected chi connectivity index (χ3v) is 11.6. The number of thiocarbonyl (C=S) groups is 1. The molecule has 31 heavy (non-hydrogen) atoms. The van der Waals surface area contributed by atoms with E-state index in [9.17, 15) is 4.89 Å². The van der Waals surface area contributed by atoms with Crippen LogP contribution < -0.4 is 32.5 Å². The second-order valence-corrected chi connectivity index (χ2v) is 12.7. The van der Waals surface area contributed by atoms with Crippen LogP contribution in [0.5, 0.6) is 0 Å². The Labute approximate surface area is 190 Å². The molecule has 0 atom stereocenters. The Bertz CT molecular complexity index is 855. The van der Waals surface area contributed by atoms with E-state index in [0.717, 1.165) is 54.3 Å². The number of benzene rings is 3. The van der Waals surface area contributed by atoms with E-state index < -0.39 is 6.83 Å². The number of unbranched alkanes of at least 4 members (excludes halogenated alkanes) is 3. The summed E-state index contributed by atoms with van der Waals surface area (Å²) in [7, 11) is 0. The van der Waals surface area contributed by atoms with Crippen molar-refractivity contribution in [3.05, 3.63) is 91.0 Å². The summed E-state index contributed by atoms with van der Waals surface area (Å²) in [6, 6.07) is 30.7. The van der Waals surface area contributed by atoms with Crippen LogP contribution in [0.15, 0.2) is 91.0 Å². The van der Waals surface area contributed by atoms with E-state index >= 15 is 0 Å². The molecule has 5 N–H and O–H groups in total. The first-order valence-electron chi connectivity index (χ1n) is 10.8. The van der Waals surface area contributed by atoms with Gasteiger partial charge in [-0.1, -0.05) is 0 Å². The van der Waals surface area contributed by atoms with Crippen LogP contribution in [0.4, 0.5) is 0 Å². The second-order valence-electron chi connectivity index (χ2n) is 7.80. The van der Waals surface area contributed by atoms with Gasteiger partial charge in [-0.2, -0.15) is 0 Å². The van der Waals surface area contributed by atoms with E-state index in [2.05, 4.69) is 47.1 Å². The Balaban J connectivity index is 1.89. The average molecular weight is 454 g/mol. The monoisotopic (exact) mass is 453 g/mol. The van der Waals surface area contributed by atoms with Gasteiger partial charge in [-0.3, -0.25) is 0 Å². The molecule has 0 aliphatic carbocycles. The fourth-order valence-corrected chi connectivity index (χ4v) is 9.29. The maximum atomic E-state index is 13.0. The van der Waals surface area contributed by atoms with E-state index in [1.165, 1.54) is 0 Å². The van der Waals surface area contributed by atoms with E-state index in [-0.39, 0.29) is 0 Å². The summed E-state index contributed by atoms with van der Waals surface area (Å²) in [6.07, 6.45) is 4.76. The Morgan fingerprint density at radius 1 is 0.710 bits per heavy atom. The quantitative estimate of drug-likeness (QED) is 0.125. The zero-order chi connectivity index (χ0) is 22.0. The molecule has 3 rings (SSSR count). The normalized spacial score (nSPS) is 12.5. The van der Waals surface area contributed by atoms with E-state index in [1.54, 1.807) is 0 Å². The molecule has 0 saturated carbocycles. The molecular formula is C25H32N3OPS. The van der Waals surface area contributed by atoms with Gasteiger partial charge in [0.2, 0.25) is 0 Å². The zero-order valence-corrected chi connectivity index (χ0v) is 19.5. The van der Waals surface area contributed by atoms with Crippen molar-refractivity contribution < 1.29 is 4.89 Å². The van der Waals surface area contributed by atoms with Crippen molar-refractivity contribution >= 4 is 40.1 Å². The number of rotatable bonds is 10. The summed E-state index contributed by atoms with van der Waals surface area (Å²) in [6.45, 7) is -2.80. The molecule has 0 radical (unpaired) electrons. The van der Waals surface area contributed by atoms with Crippen molar-refractivity contribution in [3.8, 4) is 0 Å². The van der Waals surface area contributed by atoms with Gasteiger partial charge in [-0.15, -0.1) is 0 Å². The van der Waals surface area contributed by atoms with Crippen LogP contribution in [0.2, 0.25) is 0 Å². The number of hydrazine groups is 1. The van der Waals surface area contributed by atoms with Gasteiger partial charge in [0.25, 0.3) is 0 Å². The number of hydrogen-bond acceptors (Lipinski definition) is 3. The molecule has 0 spiro atoms. The molecule has 3 aromatic carbocycles. The van der Waals surface area contributed by atoms with Crippen molar-refractivity contribution in [3.63, 3.8) is 0 Å². The minimum absolute atomic E-state index is 0.470. The molecule has 0 heterocycles. The van der Waals surface area contributed by atoms with Crippen molar-refractivity contribution in [2.75, 3.05) is 12.7 Å². The molecule has 0 saturated heterocycles. The molecule has 6 heteroatoms. The zero-order valence-electron chi connectivity index (χ0n) is 17.8. The Morgan fingerprint density at radius 3 is 1.55 bits per heavy atom. The molecule has 0 unspecified atom stereocenters. The standard InChI is InChI=1S/C25H32N3OPS/c26-28-25(31)27-20-12-1-2-13-21-30(29,22-14-6-3-7-15-22,23-16-8-4-9-17-23)24-18-10-5-11-19-24/h3-11,14-19,29H,1-2,12-13,20-21,26H2,(H2,27,28,31). The molecule has 0 amide bonds. The third-order valence-electron chi connectivity index (χ3n) is 5.87. The first-order valence-corrected chi connectivity index (χ1v) is 13.5. The SMILES string of the molecule is NNC(=S)NCCCCCCP(O)(c1ccccc1)(c1ccccc1)c1ccccc1. The molecule has 0 aliphatic heterocycles. The van der Waals surface area contributed by atoms with Crippen molar-refractivity contribution in [2.45, 2.75) is 25.7 Å².